The number of urea groups is 1. The number of rotatable bonds is 4. The van der Waals surface area contributed by atoms with Gasteiger partial charge in [0.05, 0.1) is 5.69 Å². The summed E-state index contributed by atoms with van der Waals surface area (Å²) in [6, 6.07) is 21.8. The fourth-order valence-corrected chi connectivity index (χ4v) is 3.92. The average molecular weight is 475 g/mol. The molecule has 0 aromatic heterocycles. The summed E-state index contributed by atoms with van der Waals surface area (Å²) in [5, 5.41) is 2.28. The molecule has 1 heterocycles. The summed E-state index contributed by atoms with van der Waals surface area (Å²) >= 11 is 3.56. The van der Waals surface area contributed by atoms with Crippen molar-refractivity contribution in [1.82, 2.24) is 5.32 Å². The number of nitrogens with one attached hydrogen (secondary N) is 1. The Morgan fingerprint density at radius 2 is 1.61 bits per heavy atom. The van der Waals surface area contributed by atoms with Crippen LogP contribution in [0.15, 0.2) is 82.8 Å². The largest absolute Gasteiger partial charge is 0.335 e. The van der Waals surface area contributed by atoms with Crippen molar-refractivity contribution in [1.29, 1.82) is 0 Å². The van der Waals surface area contributed by atoms with Crippen LogP contribution in [0.2, 0.25) is 0 Å². The molecule has 0 saturated carbocycles. The van der Waals surface area contributed by atoms with Crippen molar-refractivity contribution >= 4 is 45.5 Å². The number of anilines is 1. The maximum atomic E-state index is 13.2. The van der Waals surface area contributed by atoms with Crippen LogP contribution in [-0.2, 0) is 16.0 Å². The topological polar surface area (TPSA) is 66.5 Å². The van der Waals surface area contributed by atoms with Gasteiger partial charge in [0.2, 0.25) is 0 Å². The molecule has 1 N–H and O–H groups in total. The molecule has 0 aliphatic carbocycles. The first-order chi connectivity index (χ1) is 14.9. The number of carbonyl (C=O) groups excluding carboxylic acids is 3. The van der Waals surface area contributed by atoms with E-state index in [2.05, 4.69) is 21.2 Å². The molecule has 0 unspecified atom stereocenters. The monoisotopic (exact) mass is 474 g/mol. The predicted molar refractivity (Wildman–Crippen MR) is 124 cm³/mol. The molecule has 0 radical (unpaired) electrons. The van der Waals surface area contributed by atoms with Gasteiger partial charge in [-0.15, -0.1) is 0 Å². The minimum atomic E-state index is -0.751. The van der Waals surface area contributed by atoms with E-state index >= 15 is 0 Å². The van der Waals surface area contributed by atoms with Crippen LogP contribution in [0.5, 0.6) is 0 Å². The van der Waals surface area contributed by atoms with Gasteiger partial charge in [0.25, 0.3) is 11.8 Å². The SMILES string of the molecule is Cc1cccc(N2C(=O)NC(=O)/C(=C\c3ccccc3Cc3ccccc3Br)C2=O)c1. The number of amides is 4. The molecule has 3 aromatic rings. The van der Waals surface area contributed by atoms with Crippen molar-refractivity contribution < 1.29 is 14.4 Å². The lowest BCUT2D eigenvalue weighted by Crippen LogP contribution is -2.54. The smallest absolute Gasteiger partial charge is 0.273 e. The number of aryl methyl sites for hydroxylation is 1. The Labute approximate surface area is 188 Å². The second kappa shape index (κ2) is 8.70. The Morgan fingerprint density at radius 3 is 2.35 bits per heavy atom. The molecule has 1 aliphatic rings. The first-order valence-electron chi connectivity index (χ1n) is 9.73. The maximum absolute atomic E-state index is 13.2. The number of imide groups is 2. The van der Waals surface area contributed by atoms with Gasteiger partial charge in [-0.3, -0.25) is 14.9 Å². The number of carbonyl (C=O) groups is 3. The van der Waals surface area contributed by atoms with E-state index < -0.39 is 17.8 Å². The number of hydrogen-bond donors (Lipinski definition) is 1. The first-order valence-corrected chi connectivity index (χ1v) is 10.5. The minimum absolute atomic E-state index is 0.0827. The fourth-order valence-electron chi connectivity index (χ4n) is 3.50. The van der Waals surface area contributed by atoms with Gasteiger partial charge in [-0.1, -0.05) is 70.5 Å². The van der Waals surface area contributed by atoms with Crippen LogP contribution in [0.3, 0.4) is 0 Å². The van der Waals surface area contributed by atoms with Crippen molar-refractivity contribution in [2.45, 2.75) is 13.3 Å². The third-order valence-corrected chi connectivity index (χ3v) is 5.83. The van der Waals surface area contributed by atoms with E-state index in [0.29, 0.717) is 12.1 Å². The molecule has 154 valence electrons. The van der Waals surface area contributed by atoms with Crippen LogP contribution in [0, 0.1) is 6.92 Å². The molecule has 0 atom stereocenters. The van der Waals surface area contributed by atoms with Crippen LogP contribution in [0.25, 0.3) is 6.08 Å². The van der Waals surface area contributed by atoms with Crippen molar-refractivity contribution in [3.63, 3.8) is 0 Å². The summed E-state index contributed by atoms with van der Waals surface area (Å²) in [7, 11) is 0. The molecule has 6 heteroatoms. The van der Waals surface area contributed by atoms with Gasteiger partial charge in [0, 0.05) is 4.47 Å². The molecule has 1 aliphatic heterocycles. The third-order valence-electron chi connectivity index (χ3n) is 5.06. The lowest BCUT2D eigenvalue weighted by atomic mass is 9.97. The highest BCUT2D eigenvalue weighted by Gasteiger charge is 2.36. The highest BCUT2D eigenvalue weighted by Crippen LogP contribution is 2.26. The number of barbiturate groups is 1. The first kappa shape index (κ1) is 20.8. The predicted octanol–water partition coefficient (Wildman–Crippen LogP) is 5.01. The third kappa shape index (κ3) is 4.34. The van der Waals surface area contributed by atoms with E-state index in [1.807, 2.05) is 61.5 Å². The molecule has 31 heavy (non-hydrogen) atoms. The number of hydrogen-bond acceptors (Lipinski definition) is 3. The molecule has 4 amide bonds. The maximum Gasteiger partial charge on any atom is 0.335 e. The quantitative estimate of drug-likeness (QED) is 0.426. The Morgan fingerprint density at radius 1 is 0.903 bits per heavy atom. The van der Waals surface area contributed by atoms with Crippen LogP contribution >= 0.6 is 15.9 Å². The van der Waals surface area contributed by atoms with E-state index in [4.69, 9.17) is 0 Å². The molecule has 0 spiro atoms. The normalized spacial score (nSPS) is 15.4. The highest BCUT2D eigenvalue weighted by atomic mass is 79.9. The Hall–Kier alpha value is -3.51. The standard InChI is InChI=1S/C25H19BrN2O3/c1-16-7-6-11-20(13-16)28-24(30)21(23(29)27-25(28)31)15-18-9-3-2-8-17(18)14-19-10-4-5-12-22(19)26/h2-13,15H,14H2,1H3,(H,27,29,31)/b21-15+. The van der Waals surface area contributed by atoms with E-state index in [9.17, 15) is 14.4 Å². The average Bonchev–Trinajstić information content (AvgIpc) is 2.74. The second-order valence-corrected chi connectivity index (χ2v) is 8.12. The zero-order valence-corrected chi connectivity index (χ0v) is 18.3. The summed E-state index contributed by atoms with van der Waals surface area (Å²) in [6.45, 7) is 1.87. The van der Waals surface area contributed by atoms with Crippen molar-refractivity contribution in [3.05, 3.63) is 105 Å². The molecule has 1 saturated heterocycles. The molecule has 5 nitrogen and oxygen atoms in total. The van der Waals surface area contributed by atoms with Gasteiger partial charge >= 0.3 is 6.03 Å². The lowest BCUT2D eigenvalue weighted by Gasteiger charge is -2.26. The van der Waals surface area contributed by atoms with E-state index in [-0.39, 0.29) is 5.57 Å². The van der Waals surface area contributed by atoms with Crippen LogP contribution < -0.4 is 10.2 Å². The van der Waals surface area contributed by atoms with E-state index in [1.165, 1.54) is 0 Å². The summed E-state index contributed by atoms with van der Waals surface area (Å²) in [5.41, 5.74) is 4.03. The lowest BCUT2D eigenvalue weighted by molar-refractivity contribution is -0.122. The van der Waals surface area contributed by atoms with E-state index in [0.717, 1.165) is 31.6 Å². The second-order valence-electron chi connectivity index (χ2n) is 7.26. The Balaban J connectivity index is 1.73. The molecule has 4 rings (SSSR count). The number of benzene rings is 3. The summed E-state index contributed by atoms with van der Waals surface area (Å²) in [5.74, 6) is -1.34. The van der Waals surface area contributed by atoms with Crippen LogP contribution in [0.1, 0.15) is 22.3 Å². The van der Waals surface area contributed by atoms with E-state index in [1.54, 1.807) is 24.3 Å². The summed E-state index contributed by atoms with van der Waals surface area (Å²) < 4.78 is 0.986. The molecular formula is C25H19BrN2O3. The Bertz CT molecular complexity index is 1230. The van der Waals surface area contributed by atoms with Gasteiger partial charge < -0.3 is 0 Å². The zero-order valence-electron chi connectivity index (χ0n) is 16.8. The van der Waals surface area contributed by atoms with Gasteiger partial charge in [0.15, 0.2) is 0 Å². The van der Waals surface area contributed by atoms with Crippen molar-refractivity contribution in [3.8, 4) is 0 Å². The van der Waals surface area contributed by atoms with Crippen LogP contribution in [-0.4, -0.2) is 17.8 Å². The molecular weight excluding hydrogens is 456 g/mol. The summed E-state index contributed by atoms with van der Waals surface area (Å²) in [4.78, 5) is 39.1. The fraction of sp³-hybridized carbons (Fsp3) is 0.0800. The van der Waals surface area contributed by atoms with Gasteiger partial charge in [0.1, 0.15) is 5.57 Å². The Kier molecular flexibility index (Phi) is 5.82. The van der Waals surface area contributed by atoms with Crippen LogP contribution in [0.4, 0.5) is 10.5 Å². The zero-order chi connectivity index (χ0) is 22.0. The molecule has 3 aromatic carbocycles. The number of nitrogens with zero attached hydrogens (tertiary/aromatic N) is 1. The van der Waals surface area contributed by atoms with Gasteiger partial charge in [-0.2, -0.15) is 0 Å². The van der Waals surface area contributed by atoms with Gasteiger partial charge in [-0.25, -0.2) is 9.69 Å². The van der Waals surface area contributed by atoms with Crippen molar-refractivity contribution in [2.24, 2.45) is 0 Å². The van der Waals surface area contributed by atoms with Crippen molar-refractivity contribution in [2.75, 3.05) is 4.90 Å². The molecule has 0 bridgehead atoms. The minimum Gasteiger partial charge on any atom is -0.273 e. The summed E-state index contributed by atoms with van der Waals surface area (Å²) in [6.07, 6.45) is 2.18. The molecule has 1 fully saturated rings. The van der Waals surface area contributed by atoms with Gasteiger partial charge in [-0.05, 0) is 59.9 Å². The number of halogens is 1. The highest BCUT2D eigenvalue weighted by molar-refractivity contribution is 9.10.